The highest BCUT2D eigenvalue weighted by atomic mass is 16.2. The van der Waals surface area contributed by atoms with Crippen molar-refractivity contribution in [2.45, 2.75) is 19.3 Å². The number of nitrogens with one attached hydrogen (secondary N) is 1. The van der Waals surface area contributed by atoms with Gasteiger partial charge in [0.05, 0.1) is 11.8 Å². The number of pyridine rings is 1. The maximum Gasteiger partial charge on any atom is 0.332 e. The summed E-state index contributed by atoms with van der Waals surface area (Å²) in [7, 11) is 1.51. The molecule has 0 bridgehead atoms. The highest BCUT2D eigenvalue weighted by Crippen LogP contribution is 2.23. The molecule has 0 aromatic carbocycles. The molecule has 4 heterocycles. The summed E-state index contributed by atoms with van der Waals surface area (Å²) in [4.78, 5) is 31.4. The van der Waals surface area contributed by atoms with Gasteiger partial charge in [-0.1, -0.05) is 11.8 Å². The van der Waals surface area contributed by atoms with Gasteiger partial charge in [-0.05, 0) is 38.1 Å². The highest BCUT2D eigenvalue weighted by molar-refractivity contribution is 6.05. The van der Waals surface area contributed by atoms with Crippen LogP contribution in [0, 0.1) is 17.8 Å². The number of piperidine rings is 1. The Hall–Kier alpha value is -2.85. The molecule has 0 unspecified atom stereocenters. The molecular formula is C19H21N5O2. The Balaban J connectivity index is 1.66. The monoisotopic (exact) mass is 351 g/mol. The molecule has 0 atom stereocenters. The van der Waals surface area contributed by atoms with Crippen LogP contribution in [0.1, 0.15) is 24.8 Å². The van der Waals surface area contributed by atoms with Gasteiger partial charge >= 0.3 is 6.03 Å². The van der Waals surface area contributed by atoms with Crippen LogP contribution >= 0.6 is 0 Å². The van der Waals surface area contributed by atoms with E-state index in [9.17, 15) is 9.59 Å². The molecule has 7 nitrogen and oxygen atoms in total. The van der Waals surface area contributed by atoms with Gasteiger partial charge < -0.3 is 5.32 Å². The van der Waals surface area contributed by atoms with Crippen molar-refractivity contribution in [3.8, 4) is 11.8 Å². The Morgan fingerprint density at radius 2 is 2.08 bits per heavy atom. The third kappa shape index (κ3) is 2.93. The minimum absolute atomic E-state index is 0.159. The molecule has 3 amide bonds. The maximum absolute atomic E-state index is 12.5. The Morgan fingerprint density at radius 3 is 2.88 bits per heavy atom. The summed E-state index contributed by atoms with van der Waals surface area (Å²) < 4.78 is 1.87. The van der Waals surface area contributed by atoms with Crippen LogP contribution in [0.3, 0.4) is 0 Å². The van der Waals surface area contributed by atoms with Gasteiger partial charge in [-0.25, -0.2) is 9.78 Å². The second kappa shape index (κ2) is 6.81. The lowest BCUT2D eigenvalue weighted by molar-refractivity contribution is -0.127. The first-order valence-electron chi connectivity index (χ1n) is 8.91. The number of rotatable bonds is 1. The predicted octanol–water partition coefficient (Wildman–Crippen LogP) is 1.47. The second-order valence-electron chi connectivity index (χ2n) is 6.66. The number of carbonyl (C=O) groups is 2. The van der Waals surface area contributed by atoms with Gasteiger partial charge in [0, 0.05) is 32.1 Å². The Kier molecular flexibility index (Phi) is 4.35. The predicted molar refractivity (Wildman–Crippen MR) is 97.8 cm³/mol. The summed E-state index contributed by atoms with van der Waals surface area (Å²) in [5.41, 5.74) is 1.59. The molecule has 134 valence electrons. The van der Waals surface area contributed by atoms with Crippen LogP contribution in [0.15, 0.2) is 24.5 Å². The van der Waals surface area contributed by atoms with Gasteiger partial charge in [-0.2, -0.15) is 0 Å². The molecule has 0 saturated carbocycles. The fraction of sp³-hybridized carbons (Fsp3) is 0.421. The lowest BCUT2D eigenvalue weighted by atomic mass is 9.98. The summed E-state index contributed by atoms with van der Waals surface area (Å²) >= 11 is 0. The van der Waals surface area contributed by atoms with E-state index in [-0.39, 0.29) is 11.9 Å². The molecular weight excluding hydrogens is 330 g/mol. The Bertz CT molecular complexity index is 917. The zero-order valence-electron chi connectivity index (χ0n) is 14.7. The van der Waals surface area contributed by atoms with E-state index in [1.54, 1.807) is 11.1 Å². The largest absolute Gasteiger partial charge is 0.332 e. The number of carbonyl (C=O) groups excluding carboxylic acids is 2. The first-order chi connectivity index (χ1) is 12.6. The van der Waals surface area contributed by atoms with Crippen LogP contribution in [0.5, 0.6) is 0 Å². The summed E-state index contributed by atoms with van der Waals surface area (Å²) in [5, 5.41) is 3.34. The van der Waals surface area contributed by atoms with Crippen molar-refractivity contribution in [3.63, 3.8) is 0 Å². The van der Waals surface area contributed by atoms with Crippen molar-refractivity contribution in [1.29, 1.82) is 0 Å². The van der Waals surface area contributed by atoms with Gasteiger partial charge in [-0.3, -0.25) is 19.0 Å². The van der Waals surface area contributed by atoms with E-state index in [2.05, 4.69) is 22.1 Å². The molecule has 4 rings (SSSR count). The summed E-state index contributed by atoms with van der Waals surface area (Å²) in [5.74, 6) is 7.55. The number of imide groups is 1. The Labute approximate surface area is 152 Å². The zero-order chi connectivity index (χ0) is 18.1. The average molecular weight is 351 g/mol. The summed E-state index contributed by atoms with van der Waals surface area (Å²) in [6, 6.07) is 3.54. The van der Waals surface area contributed by atoms with Crippen molar-refractivity contribution in [3.05, 3.63) is 30.1 Å². The lowest BCUT2D eigenvalue weighted by Gasteiger charge is -2.31. The minimum Gasteiger partial charge on any atom is -0.317 e. The SMILES string of the molecule is CN1C(=O)CCN(c2cnc3c(C#CC4CCNCC4)cccn23)C1=O. The van der Waals surface area contributed by atoms with E-state index in [1.807, 2.05) is 22.7 Å². The van der Waals surface area contributed by atoms with E-state index < -0.39 is 0 Å². The standard InChI is InChI=1S/C19H21N5O2/c1-22-17(25)8-12-24(19(22)26)16-13-21-18-15(3-2-11-23(16)18)5-4-14-6-9-20-10-7-14/h2-3,11,13-14,20H,6-10,12H2,1H3. The van der Waals surface area contributed by atoms with Gasteiger partial charge in [0.25, 0.3) is 0 Å². The van der Waals surface area contributed by atoms with Crippen LogP contribution in [0.2, 0.25) is 0 Å². The molecule has 7 heteroatoms. The van der Waals surface area contributed by atoms with Crippen LogP contribution in [0.4, 0.5) is 10.6 Å². The number of anilines is 1. The lowest BCUT2D eigenvalue weighted by Crippen LogP contribution is -2.50. The quantitative estimate of drug-likeness (QED) is 0.790. The molecule has 0 aliphatic carbocycles. The molecule has 2 aliphatic heterocycles. The van der Waals surface area contributed by atoms with Gasteiger partial charge in [0.15, 0.2) is 5.65 Å². The number of hydrogen-bond donors (Lipinski definition) is 1. The molecule has 26 heavy (non-hydrogen) atoms. The molecule has 2 aromatic rings. The summed E-state index contributed by atoms with van der Waals surface area (Å²) in [6.07, 6.45) is 5.99. The molecule has 1 N–H and O–H groups in total. The third-order valence-electron chi connectivity index (χ3n) is 4.98. The zero-order valence-corrected chi connectivity index (χ0v) is 14.7. The van der Waals surface area contributed by atoms with Gasteiger partial charge in [0.2, 0.25) is 5.91 Å². The van der Waals surface area contributed by atoms with E-state index in [4.69, 9.17) is 0 Å². The fourth-order valence-electron chi connectivity index (χ4n) is 3.41. The normalized spacial score (nSPS) is 19.0. The fourth-order valence-corrected chi connectivity index (χ4v) is 3.41. The van der Waals surface area contributed by atoms with Crippen molar-refractivity contribution < 1.29 is 9.59 Å². The number of amides is 3. The molecule has 2 aliphatic rings. The third-order valence-corrected chi connectivity index (χ3v) is 4.98. The highest BCUT2D eigenvalue weighted by Gasteiger charge is 2.31. The Morgan fingerprint density at radius 1 is 1.27 bits per heavy atom. The first-order valence-corrected chi connectivity index (χ1v) is 8.91. The number of fused-ring (bicyclic) bond motifs is 1. The van der Waals surface area contributed by atoms with Crippen molar-refractivity contribution in [1.82, 2.24) is 19.6 Å². The van der Waals surface area contributed by atoms with E-state index in [0.717, 1.165) is 42.0 Å². The van der Waals surface area contributed by atoms with Crippen LogP contribution in [0.25, 0.3) is 5.65 Å². The molecule has 0 spiro atoms. The maximum atomic E-state index is 12.5. The molecule has 2 saturated heterocycles. The molecule has 2 fully saturated rings. The number of aromatic nitrogens is 2. The van der Waals surface area contributed by atoms with Crippen molar-refractivity contribution >= 4 is 23.4 Å². The topological polar surface area (TPSA) is 70.0 Å². The number of imidazole rings is 1. The van der Waals surface area contributed by atoms with Crippen molar-refractivity contribution in [2.75, 3.05) is 31.6 Å². The van der Waals surface area contributed by atoms with Crippen LogP contribution in [-0.4, -0.2) is 52.9 Å². The first kappa shape index (κ1) is 16.6. The van der Waals surface area contributed by atoms with Crippen LogP contribution in [-0.2, 0) is 4.79 Å². The summed E-state index contributed by atoms with van der Waals surface area (Å²) in [6.45, 7) is 2.39. The molecule has 2 aromatic heterocycles. The van der Waals surface area contributed by atoms with E-state index >= 15 is 0 Å². The number of hydrogen-bond acceptors (Lipinski definition) is 4. The van der Waals surface area contributed by atoms with Gasteiger partial charge in [0.1, 0.15) is 5.82 Å². The average Bonchev–Trinajstić information content (AvgIpc) is 3.10. The number of nitrogens with zero attached hydrogens (tertiary/aromatic N) is 4. The van der Waals surface area contributed by atoms with Crippen molar-refractivity contribution in [2.24, 2.45) is 5.92 Å². The smallest absolute Gasteiger partial charge is 0.317 e. The van der Waals surface area contributed by atoms with E-state index in [1.165, 1.54) is 7.05 Å². The van der Waals surface area contributed by atoms with Gasteiger partial charge in [-0.15, -0.1) is 0 Å². The van der Waals surface area contributed by atoms with E-state index in [0.29, 0.717) is 24.7 Å². The second-order valence-corrected chi connectivity index (χ2v) is 6.66. The number of urea groups is 1. The van der Waals surface area contributed by atoms with Crippen LogP contribution < -0.4 is 10.2 Å². The minimum atomic E-state index is -0.325. The molecule has 0 radical (unpaired) electrons.